The van der Waals surface area contributed by atoms with Crippen LogP contribution in [0.25, 0.3) is 0 Å². The maximum atomic E-state index is 13.3. The number of benzene rings is 1. The minimum Gasteiger partial charge on any atom is -0.478 e. The van der Waals surface area contributed by atoms with Gasteiger partial charge in [0.15, 0.2) is 0 Å². The number of aliphatic hydroxyl groups is 1. The third kappa shape index (κ3) is 2.83. The number of rotatable bonds is 5. The van der Waals surface area contributed by atoms with Crippen molar-refractivity contribution in [2.75, 3.05) is 24.2 Å². The maximum Gasteiger partial charge on any atom is 0.338 e. The Balaban J connectivity index is 2.88. The van der Waals surface area contributed by atoms with Crippen molar-refractivity contribution in [3.8, 4) is 0 Å². The first kappa shape index (κ1) is 12.3. The summed E-state index contributed by atoms with van der Waals surface area (Å²) in [7, 11) is 0. The lowest BCUT2D eigenvalue weighted by Gasteiger charge is -2.10. The van der Waals surface area contributed by atoms with Gasteiger partial charge < -0.3 is 21.3 Å². The number of nitrogens with one attached hydrogen (secondary N) is 1. The highest BCUT2D eigenvalue weighted by atomic mass is 19.1. The zero-order chi connectivity index (χ0) is 12.1. The van der Waals surface area contributed by atoms with Crippen molar-refractivity contribution in [1.29, 1.82) is 0 Å². The number of carboxylic acid groups (broad SMARTS) is 1. The highest BCUT2D eigenvalue weighted by molar-refractivity contribution is 5.90. The van der Waals surface area contributed by atoms with Gasteiger partial charge in [-0.25, -0.2) is 9.18 Å². The van der Waals surface area contributed by atoms with E-state index in [-0.39, 0.29) is 12.3 Å². The molecular weight excluding hydrogens is 215 g/mol. The van der Waals surface area contributed by atoms with Gasteiger partial charge in [0.25, 0.3) is 0 Å². The molecule has 0 aliphatic heterocycles. The number of halogens is 1. The van der Waals surface area contributed by atoms with Crippen LogP contribution in [0.15, 0.2) is 12.1 Å². The van der Waals surface area contributed by atoms with E-state index in [1.807, 2.05) is 0 Å². The Morgan fingerprint density at radius 3 is 2.75 bits per heavy atom. The summed E-state index contributed by atoms with van der Waals surface area (Å²) < 4.78 is 13.3. The van der Waals surface area contributed by atoms with Crippen molar-refractivity contribution >= 4 is 17.3 Å². The van der Waals surface area contributed by atoms with E-state index in [1.54, 1.807) is 0 Å². The van der Waals surface area contributed by atoms with Crippen LogP contribution in [-0.2, 0) is 0 Å². The van der Waals surface area contributed by atoms with E-state index in [1.165, 1.54) is 0 Å². The van der Waals surface area contributed by atoms with Gasteiger partial charge in [-0.3, -0.25) is 0 Å². The van der Waals surface area contributed by atoms with Crippen LogP contribution in [0, 0.1) is 5.82 Å². The summed E-state index contributed by atoms with van der Waals surface area (Å²) in [6.45, 7) is 0.454. The molecule has 0 bridgehead atoms. The van der Waals surface area contributed by atoms with Crippen LogP contribution in [0.2, 0.25) is 0 Å². The largest absolute Gasteiger partial charge is 0.478 e. The number of aliphatic hydroxyl groups excluding tert-OH is 1. The molecule has 0 spiro atoms. The summed E-state index contributed by atoms with van der Waals surface area (Å²) in [6, 6.07) is 2.11. The SMILES string of the molecule is Nc1cc(C(=O)O)c(F)cc1NCCCO. The van der Waals surface area contributed by atoms with Crippen LogP contribution < -0.4 is 11.1 Å². The van der Waals surface area contributed by atoms with Gasteiger partial charge in [0.1, 0.15) is 5.82 Å². The Labute approximate surface area is 91.7 Å². The number of carbonyl (C=O) groups is 1. The summed E-state index contributed by atoms with van der Waals surface area (Å²) >= 11 is 0. The van der Waals surface area contributed by atoms with Gasteiger partial charge in [-0.1, -0.05) is 0 Å². The van der Waals surface area contributed by atoms with Crippen LogP contribution in [0.3, 0.4) is 0 Å². The first-order chi connectivity index (χ1) is 7.56. The van der Waals surface area contributed by atoms with Gasteiger partial charge in [0, 0.05) is 13.2 Å². The fraction of sp³-hybridized carbons (Fsp3) is 0.300. The second kappa shape index (κ2) is 5.32. The lowest BCUT2D eigenvalue weighted by Crippen LogP contribution is -2.09. The Morgan fingerprint density at radius 2 is 2.19 bits per heavy atom. The molecule has 5 nitrogen and oxygen atoms in total. The van der Waals surface area contributed by atoms with Crippen LogP contribution in [-0.4, -0.2) is 29.3 Å². The highest BCUT2D eigenvalue weighted by Crippen LogP contribution is 2.22. The van der Waals surface area contributed by atoms with Crippen LogP contribution in [0.4, 0.5) is 15.8 Å². The predicted molar refractivity (Wildman–Crippen MR) is 58.0 cm³/mol. The first-order valence-corrected chi connectivity index (χ1v) is 4.73. The van der Waals surface area contributed by atoms with Crippen molar-refractivity contribution < 1.29 is 19.4 Å². The molecule has 0 atom stereocenters. The van der Waals surface area contributed by atoms with Gasteiger partial charge in [-0.05, 0) is 18.6 Å². The van der Waals surface area contributed by atoms with E-state index in [0.29, 0.717) is 18.7 Å². The standard InChI is InChI=1S/C10H13FN2O3/c11-7-5-9(13-2-1-3-14)8(12)4-6(7)10(15)16/h4-5,13-14H,1-3,12H2,(H,15,16). The molecule has 1 aromatic carbocycles. The molecule has 16 heavy (non-hydrogen) atoms. The predicted octanol–water partition coefficient (Wildman–Crippen LogP) is 0.900. The fourth-order valence-corrected chi connectivity index (χ4v) is 1.21. The molecule has 0 saturated heterocycles. The third-order valence-corrected chi connectivity index (χ3v) is 2.02. The van der Waals surface area contributed by atoms with E-state index < -0.39 is 17.3 Å². The zero-order valence-corrected chi connectivity index (χ0v) is 8.53. The van der Waals surface area contributed by atoms with Gasteiger partial charge in [0.2, 0.25) is 0 Å². The molecule has 0 heterocycles. The Hall–Kier alpha value is -1.82. The number of nitrogen functional groups attached to an aromatic ring is 1. The normalized spacial score (nSPS) is 10.1. The molecule has 0 aromatic heterocycles. The van der Waals surface area contributed by atoms with Crippen LogP contribution >= 0.6 is 0 Å². The average molecular weight is 228 g/mol. The van der Waals surface area contributed by atoms with E-state index in [2.05, 4.69) is 5.32 Å². The smallest absolute Gasteiger partial charge is 0.338 e. The minimum absolute atomic E-state index is 0.0165. The summed E-state index contributed by atoms with van der Waals surface area (Å²) in [4.78, 5) is 10.6. The molecule has 5 N–H and O–H groups in total. The molecule has 6 heteroatoms. The molecular formula is C10H13FN2O3. The van der Waals surface area contributed by atoms with Gasteiger partial charge >= 0.3 is 5.97 Å². The number of hydrogen-bond acceptors (Lipinski definition) is 4. The van der Waals surface area contributed by atoms with Crippen molar-refractivity contribution in [3.63, 3.8) is 0 Å². The second-order valence-electron chi connectivity index (χ2n) is 3.23. The number of aromatic carboxylic acids is 1. The summed E-state index contributed by atoms with van der Waals surface area (Å²) in [5, 5.41) is 20.0. The molecule has 88 valence electrons. The molecule has 1 aromatic rings. The van der Waals surface area contributed by atoms with Crippen molar-refractivity contribution in [2.45, 2.75) is 6.42 Å². The zero-order valence-electron chi connectivity index (χ0n) is 8.53. The van der Waals surface area contributed by atoms with Crippen LogP contribution in [0.1, 0.15) is 16.8 Å². The Bertz CT molecular complexity index is 396. The van der Waals surface area contributed by atoms with E-state index in [4.69, 9.17) is 15.9 Å². The lowest BCUT2D eigenvalue weighted by atomic mass is 10.1. The summed E-state index contributed by atoms with van der Waals surface area (Å²) in [5.74, 6) is -2.20. The molecule has 0 amide bonds. The van der Waals surface area contributed by atoms with Gasteiger partial charge in [-0.15, -0.1) is 0 Å². The molecule has 0 aliphatic rings. The van der Waals surface area contributed by atoms with Crippen LogP contribution in [0.5, 0.6) is 0 Å². The quantitative estimate of drug-likeness (QED) is 0.443. The fourth-order valence-electron chi connectivity index (χ4n) is 1.21. The summed E-state index contributed by atoms with van der Waals surface area (Å²) in [6.07, 6.45) is 0.502. The van der Waals surface area contributed by atoms with Crippen molar-refractivity contribution in [1.82, 2.24) is 0 Å². The second-order valence-corrected chi connectivity index (χ2v) is 3.23. The number of anilines is 2. The van der Waals surface area contributed by atoms with Gasteiger partial charge in [0.05, 0.1) is 16.9 Å². The Morgan fingerprint density at radius 1 is 1.50 bits per heavy atom. The summed E-state index contributed by atoms with van der Waals surface area (Å²) in [5.41, 5.74) is 5.60. The number of nitrogens with two attached hydrogens (primary N) is 1. The Kier molecular flexibility index (Phi) is 4.07. The number of carboxylic acids is 1. The molecule has 0 saturated carbocycles. The topological polar surface area (TPSA) is 95.6 Å². The molecule has 0 unspecified atom stereocenters. The first-order valence-electron chi connectivity index (χ1n) is 4.73. The highest BCUT2D eigenvalue weighted by Gasteiger charge is 2.13. The molecule has 0 radical (unpaired) electrons. The number of hydrogen-bond donors (Lipinski definition) is 4. The lowest BCUT2D eigenvalue weighted by molar-refractivity contribution is 0.0692. The third-order valence-electron chi connectivity index (χ3n) is 2.02. The van der Waals surface area contributed by atoms with Crippen molar-refractivity contribution in [2.24, 2.45) is 0 Å². The minimum atomic E-state index is -1.36. The molecule has 0 fully saturated rings. The monoisotopic (exact) mass is 228 g/mol. The van der Waals surface area contributed by atoms with E-state index >= 15 is 0 Å². The van der Waals surface area contributed by atoms with Crippen molar-refractivity contribution in [3.05, 3.63) is 23.5 Å². The van der Waals surface area contributed by atoms with Gasteiger partial charge in [-0.2, -0.15) is 0 Å². The molecule has 0 aliphatic carbocycles. The molecule has 1 rings (SSSR count). The van der Waals surface area contributed by atoms with E-state index in [9.17, 15) is 9.18 Å². The average Bonchev–Trinajstić information content (AvgIpc) is 2.22. The van der Waals surface area contributed by atoms with E-state index in [0.717, 1.165) is 12.1 Å². The maximum absolute atomic E-state index is 13.3.